The lowest BCUT2D eigenvalue weighted by molar-refractivity contribution is -0.168. The third kappa shape index (κ3) is 5.83. The highest BCUT2D eigenvalue weighted by Gasteiger charge is 2.53. The van der Waals surface area contributed by atoms with Crippen LogP contribution >= 0.6 is 0 Å². The topological polar surface area (TPSA) is 78.9 Å². The number of hydrogen-bond donors (Lipinski definition) is 0. The predicted octanol–water partition coefficient (Wildman–Crippen LogP) is 4.19. The summed E-state index contributed by atoms with van der Waals surface area (Å²) in [6.45, 7) is 14.3. The van der Waals surface area contributed by atoms with Gasteiger partial charge in [-0.1, -0.05) is 32.8 Å². The van der Waals surface area contributed by atoms with Crippen molar-refractivity contribution in [3.63, 3.8) is 0 Å². The molecule has 6 nitrogen and oxygen atoms in total. The summed E-state index contributed by atoms with van der Waals surface area (Å²) < 4.78 is 16.5. The first kappa shape index (κ1) is 26.1. The number of carbonyl (C=O) groups is 3. The van der Waals surface area contributed by atoms with E-state index in [0.29, 0.717) is 0 Å². The van der Waals surface area contributed by atoms with E-state index >= 15 is 0 Å². The van der Waals surface area contributed by atoms with Gasteiger partial charge in [0.1, 0.15) is 0 Å². The number of allylic oxidation sites excluding steroid dienone is 1. The van der Waals surface area contributed by atoms with E-state index in [-0.39, 0.29) is 29.3 Å². The highest BCUT2D eigenvalue weighted by atomic mass is 28.4. The van der Waals surface area contributed by atoms with E-state index in [4.69, 9.17) is 13.9 Å². The lowest BCUT2D eigenvalue weighted by atomic mass is 9.80. The van der Waals surface area contributed by atoms with Crippen LogP contribution in [0.25, 0.3) is 0 Å². The average Bonchev–Trinajstić information content (AvgIpc) is 3.41. The smallest absolute Gasteiger partial charge is 0.324 e. The molecule has 0 unspecified atom stereocenters. The summed E-state index contributed by atoms with van der Waals surface area (Å²) in [5, 5.41) is 0.0763. The fourth-order valence-electron chi connectivity index (χ4n) is 3.02. The molecule has 0 aromatic rings. The van der Waals surface area contributed by atoms with Crippen molar-refractivity contribution in [2.75, 3.05) is 14.2 Å². The van der Waals surface area contributed by atoms with Crippen molar-refractivity contribution < 1.29 is 28.3 Å². The number of esters is 2. The second-order valence-corrected chi connectivity index (χ2v) is 14.3. The molecule has 0 saturated heterocycles. The fourth-order valence-corrected chi connectivity index (χ4v) is 4.67. The molecule has 30 heavy (non-hydrogen) atoms. The van der Waals surface area contributed by atoms with E-state index in [1.165, 1.54) is 21.1 Å². The molecule has 7 heteroatoms. The largest absolute Gasteiger partial charge is 0.468 e. The van der Waals surface area contributed by atoms with Crippen molar-refractivity contribution in [1.29, 1.82) is 0 Å². The Labute approximate surface area is 181 Å². The molecule has 168 valence electrons. The lowest BCUT2D eigenvalue weighted by Crippen LogP contribution is -2.45. The zero-order chi connectivity index (χ0) is 23.4. The van der Waals surface area contributed by atoms with Crippen LogP contribution in [0.15, 0.2) is 11.6 Å². The van der Waals surface area contributed by atoms with Crippen LogP contribution in [-0.4, -0.2) is 45.9 Å². The lowest BCUT2D eigenvalue weighted by Gasteiger charge is -2.40. The maximum absolute atomic E-state index is 12.6. The molecular formula is C23H36O6Si. The molecule has 1 saturated carbocycles. The number of Topliss-reactive ketones (excluding diaryl/α,β-unsaturated/α-hetero) is 1. The number of methoxy groups -OCH3 is 2. The third-order valence-corrected chi connectivity index (χ3v) is 10.8. The minimum absolute atomic E-state index is 0.0629. The molecular weight excluding hydrogens is 400 g/mol. The highest BCUT2D eigenvalue weighted by Crippen LogP contribution is 2.52. The van der Waals surface area contributed by atoms with E-state index in [0.717, 1.165) is 18.4 Å². The zero-order valence-electron chi connectivity index (χ0n) is 19.9. The van der Waals surface area contributed by atoms with Gasteiger partial charge in [0.2, 0.25) is 5.78 Å². The molecule has 0 aromatic carbocycles. The quantitative estimate of drug-likeness (QED) is 0.142. The highest BCUT2D eigenvalue weighted by molar-refractivity contribution is 6.74. The van der Waals surface area contributed by atoms with Gasteiger partial charge < -0.3 is 13.9 Å². The van der Waals surface area contributed by atoms with Crippen LogP contribution in [0.4, 0.5) is 0 Å². The molecule has 0 spiro atoms. The Hall–Kier alpha value is -1.91. The summed E-state index contributed by atoms with van der Waals surface area (Å²) >= 11 is 0. The molecule has 0 aliphatic heterocycles. The minimum atomic E-state index is -1.99. The van der Waals surface area contributed by atoms with Crippen LogP contribution in [0, 0.1) is 17.3 Å². The van der Waals surface area contributed by atoms with E-state index in [9.17, 15) is 14.4 Å². The molecule has 0 amide bonds. The number of ether oxygens (including phenoxy) is 2. The first-order valence-electron chi connectivity index (χ1n) is 10.2. The average molecular weight is 437 g/mol. The van der Waals surface area contributed by atoms with E-state index in [1.54, 1.807) is 0 Å². The van der Waals surface area contributed by atoms with Gasteiger partial charge in [0.05, 0.1) is 19.8 Å². The molecule has 0 aromatic heterocycles. The van der Waals surface area contributed by atoms with Crippen molar-refractivity contribution in [3.8, 4) is 11.8 Å². The summed E-state index contributed by atoms with van der Waals surface area (Å²) in [7, 11) is 0.450. The molecule has 0 N–H and O–H groups in total. The van der Waals surface area contributed by atoms with Crippen LogP contribution in [0.5, 0.6) is 0 Å². The predicted molar refractivity (Wildman–Crippen MR) is 118 cm³/mol. The van der Waals surface area contributed by atoms with Crippen molar-refractivity contribution in [2.45, 2.75) is 84.0 Å². The van der Waals surface area contributed by atoms with Crippen LogP contribution in [0.1, 0.15) is 60.3 Å². The number of hydrogen-bond acceptors (Lipinski definition) is 6. The Bertz CT molecular complexity index is 756. The fraction of sp³-hybridized carbons (Fsp3) is 0.696. The van der Waals surface area contributed by atoms with Crippen molar-refractivity contribution in [3.05, 3.63) is 11.6 Å². The summed E-state index contributed by atoms with van der Waals surface area (Å²) in [6.07, 6.45) is 3.59. The van der Waals surface area contributed by atoms with Gasteiger partial charge in [-0.2, -0.15) is 0 Å². The molecule has 0 atom stereocenters. The first-order chi connectivity index (χ1) is 13.7. The second-order valence-electron chi connectivity index (χ2n) is 9.55. The maximum Gasteiger partial charge on any atom is 0.324 e. The molecule has 1 fully saturated rings. The summed E-state index contributed by atoms with van der Waals surface area (Å²) in [4.78, 5) is 36.4. The normalized spacial score (nSPS) is 16.2. The van der Waals surface area contributed by atoms with E-state index in [1.807, 2.05) is 13.0 Å². The molecule has 1 rings (SSSR count). The monoisotopic (exact) mass is 436 g/mol. The molecule has 0 bridgehead atoms. The molecule has 0 radical (unpaired) electrons. The van der Waals surface area contributed by atoms with Gasteiger partial charge in [0, 0.05) is 13.3 Å². The molecule has 1 aliphatic rings. The van der Waals surface area contributed by atoms with Gasteiger partial charge in [-0.3, -0.25) is 14.4 Å². The van der Waals surface area contributed by atoms with Crippen molar-refractivity contribution in [1.82, 2.24) is 0 Å². The van der Waals surface area contributed by atoms with Gasteiger partial charge >= 0.3 is 11.9 Å². The van der Waals surface area contributed by atoms with Crippen LogP contribution in [-0.2, 0) is 28.3 Å². The molecule has 0 heterocycles. The number of ketones is 1. The first-order valence-corrected chi connectivity index (χ1v) is 13.1. The number of rotatable bonds is 8. The van der Waals surface area contributed by atoms with Crippen LogP contribution < -0.4 is 0 Å². The van der Waals surface area contributed by atoms with Crippen molar-refractivity contribution in [2.24, 2.45) is 5.41 Å². The maximum atomic E-state index is 12.6. The molecule has 1 aliphatic carbocycles. The van der Waals surface area contributed by atoms with Gasteiger partial charge in [0.25, 0.3) is 0 Å². The van der Waals surface area contributed by atoms with Crippen LogP contribution in [0.2, 0.25) is 18.1 Å². The Morgan fingerprint density at radius 2 is 1.53 bits per heavy atom. The summed E-state index contributed by atoms with van der Waals surface area (Å²) in [5.74, 6) is 3.23. The number of carbonyl (C=O) groups excluding carboxylic acids is 3. The Kier molecular flexibility index (Phi) is 8.26. The summed E-state index contributed by atoms with van der Waals surface area (Å²) in [6, 6.07) is 0. The second kappa shape index (κ2) is 9.48. The van der Waals surface area contributed by atoms with Crippen LogP contribution in [0.3, 0.4) is 0 Å². The van der Waals surface area contributed by atoms with Gasteiger partial charge in [-0.15, -0.1) is 0 Å². The Balaban J connectivity index is 3.25. The zero-order valence-corrected chi connectivity index (χ0v) is 20.9. The van der Waals surface area contributed by atoms with E-state index < -0.39 is 25.7 Å². The summed E-state index contributed by atoms with van der Waals surface area (Å²) in [5.41, 5.74) is -0.976. The van der Waals surface area contributed by atoms with Gasteiger partial charge in [-0.05, 0) is 55.8 Å². The van der Waals surface area contributed by atoms with Gasteiger partial charge in [0.15, 0.2) is 13.7 Å². The Morgan fingerprint density at radius 1 is 1.03 bits per heavy atom. The van der Waals surface area contributed by atoms with E-state index in [2.05, 4.69) is 45.7 Å². The third-order valence-electron chi connectivity index (χ3n) is 6.24. The standard InChI is InChI=1S/C23H36O6Si/c1-17(23(15-16-23)29-30(8,9)21(3,4)5)12-14-22(19(25)27-6,20(26)28-7)13-10-11-18(2)24/h12H,13-16H2,1-9H3/b17-12-. The minimum Gasteiger partial charge on any atom is -0.468 e. The SMILES string of the molecule is COC(=O)C(CC#CC(C)=O)(C/C=C(/C)C1(O[Si](C)(C)C(C)(C)C)CC1)C(=O)OC. The van der Waals surface area contributed by atoms with Gasteiger partial charge in [-0.25, -0.2) is 0 Å². The Morgan fingerprint density at radius 3 is 1.90 bits per heavy atom. The van der Waals surface area contributed by atoms with Crippen molar-refractivity contribution >= 4 is 26.0 Å².